The van der Waals surface area contributed by atoms with Crippen molar-refractivity contribution in [2.45, 2.75) is 6.54 Å². The average molecular weight is 211 g/mol. The third-order valence-corrected chi connectivity index (χ3v) is 1.75. The predicted molar refractivity (Wildman–Crippen MR) is 52.6 cm³/mol. The van der Waals surface area contributed by atoms with Crippen LogP contribution in [0.15, 0.2) is 12.4 Å². The highest BCUT2D eigenvalue weighted by Crippen LogP contribution is 2.11. The molecule has 0 saturated heterocycles. The van der Waals surface area contributed by atoms with Crippen LogP contribution in [0.2, 0.25) is 0 Å². The Morgan fingerprint density at radius 1 is 1.53 bits per heavy atom. The molecule has 0 radical (unpaired) electrons. The van der Waals surface area contributed by atoms with Crippen molar-refractivity contribution in [1.29, 1.82) is 0 Å². The summed E-state index contributed by atoms with van der Waals surface area (Å²) in [7, 11) is 3.20. The molecule has 1 N–H and O–H groups in total. The summed E-state index contributed by atoms with van der Waals surface area (Å²) in [5, 5.41) is 8.58. The van der Waals surface area contributed by atoms with E-state index in [0.717, 1.165) is 0 Å². The SMILES string of the molecule is COc1nccnc1CN(C)CC(=O)O. The number of hydrogen-bond acceptors (Lipinski definition) is 5. The van der Waals surface area contributed by atoms with E-state index in [1.54, 1.807) is 18.1 Å². The van der Waals surface area contributed by atoms with Crippen molar-refractivity contribution in [2.75, 3.05) is 20.7 Å². The molecule has 6 nitrogen and oxygen atoms in total. The fraction of sp³-hybridized carbons (Fsp3) is 0.444. The van der Waals surface area contributed by atoms with Crippen molar-refractivity contribution in [1.82, 2.24) is 14.9 Å². The van der Waals surface area contributed by atoms with Crippen LogP contribution in [-0.2, 0) is 11.3 Å². The summed E-state index contributed by atoms with van der Waals surface area (Å²) in [5.74, 6) is -0.449. The molecule has 0 bridgehead atoms. The number of aromatic nitrogens is 2. The van der Waals surface area contributed by atoms with Gasteiger partial charge < -0.3 is 9.84 Å². The number of rotatable bonds is 5. The summed E-state index contributed by atoms with van der Waals surface area (Å²) in [6, 6.07) is 0. The maximum Gasteiger partial charge on any atom is 0.317 e. The first kappa shape index (κ1) is 11.4. The number of carboxylic acids is 1. The van der Waals surface area contributed by atoms with Crippen molar-refractivity contribution in [3.05, 3.63) is 18.1 Å². The highest BCUT2D eigenvalue weighted by molar-refractivity contribution is 5.69. The second-order valence-corrected chi connectivity index (χ2v) is 3.08. The second-order valence-electron chi connectivity index (χ2n) is 3.08. The van der Waals surface area contributed by atoms with Crippen molar-refractivity contribution >= 4 is 5.97 Å². The number of carboxylic acid groups (broad SMARTS) is 1. The molecular weight excluding hydrogens is 198 g/mol. The maximum atomic E-state index is 10.4. The van der Waals surface area contributed by atoms with Gasteiger partial charge in [-0.1, -0.05) is 0 Å². The van der Waals surface area contributed by atoms with Gasteiger partial charge >= 0.3 is 5.97 Å². The third-order valence-electron chi connectivity index (χ3n) is 1.75. The van der Waals surface area contributed by atoms with Gasteiger partial charge in [0.2, 0.25) is 5.88 Å². The Kier molecular flexibility index (Phi) is 3.99. The van der Waals surface area contributed by atoms with Crippen LogP contribution in [-0.4, -0.2) is 46.6 Å². The van der Waals surface area contributed by atoms with Crippen molar-refractivity contribution < 1.29 is 14.6 Å². The number of likely N-dealkylation sites (N-methyl/N-ethyl adjacent to an activating group) is 1. The third kappa shape index (κ3) is 3.51. The molecule has 0 aliphatic rings. The lowest BCUT2D eigenvalue weighted by molar-refractivity contribution is -0.138. The van der Waals surface area contributed by atoms with Crippen LogP contribution in [0.25, 0.3) is 0 Å². The lowest BCUT2D eigenvalue weighted by Crippen LogP contribution is -2.25. The van der Waals surface area contributed by atoms with E-state index in [2.05, 4.69) is 9.97 Å². The fourth-order valence-electron chi connectivity index (χ4n) is 1.18. The van der Waals surface area contributed by atoms with Gasteiger partial charge in [-0.25, -0.2) is 4.98 Å². The molecule has 0 unspecified atom stereocenters. The Hall–Kier alpha value is -1.69. The van der Waals surface area contributed by atoms with E-state index in [1.165, 1.54) is 13.3 Å². The first-order valence-corrected chi connectivity index (χ1v) is 4.37. The molecule has 6 heteroatoms. The zero-order valence-corrected chi connectivity index (χ0v) is 8.67. The first-order valence-electron chi connectivity index (χ1n) is 4.37. The Morgan fingerprint density at radius 3 is 2.80 bits per heavy atom. The van der Waals surface area contributed by atoms with E-state index in [9.17, 15) is 4.79 Å². The van der Waals surface area contributed by atoms with Gasteiger partial charge in [0.15, 0.2) is 0 Å². The molecule has 1 aromatic heterocycles. The molecule has 0 fully saturated rings. The normalized spacial score (nSPS) is 10.3. The van der Waals surface area contributed by atoms with Crippen LogP contribution in [0.4, 0.5) is 0 Å². The quantitative estimate of drug-likeness (QED) is 0.739. The number of nitrogens with zero attached hydrogens (tertiary/aromatic N) is 3. The standard InChI is InChI=1S/C9H13N3O3/c1-12(6-8(13)14)5-7-9(15-2)11-4-3-10-7/h3-4H,5-6H2,1-2H3,(H,13,14). The minimum atomic E-state index is -0.875. The highest BCUT2D eigenvalue weighted by atomic mass is 16.5. The molecule has 1 rings (SSSR count). The van der Waals surface area contributed by atoms with E-state index in [4.69, 9.17) is 9.84 Å². The summed E-state index contributed by atoms with van der Waals surface area (Å²) in [4.78, 5) is 20.1. The van der Waals surface area contributed by atoms with Crippen LogP contribution in [0.1, 0.15) is 5.69 Å². The van der Waals surface area contributed by atoms with E-state index in [0.29, 0.717) is 18.1 Å². The van der Waals surface area contributed by atoms with E-state index in [-0.39, 0.29) is 6.54 Å². The van der Waals surface area contributed by atoms with Gasteiger partial charge in [0.05, 0.1) is 13.7 Å². The van der Waals surface area contributed by atoms with Crippen molar-refractivity contribution in [3.63, 3.8) is 0 Å². The fourth-order valence-corrected chi connectivity index (χ4v) is 1.18. The lowest BCUT2D eigenvalue weighted by atomic mass is 10.4. The lowest BCUT2D eigenvalue weighted by Gasteiger charge is -2.14. The molecule has 0 atom stereocenters. The molecule has 82 valence electrons. The minimum Gasteiger partial charge on any atom is -0.480 e. The van der Waals surface area contributed by atoms with E-state index < -0.39 is 5.97 Å². The molecule has 15 heavy (non-hydrogen) atoms. The molecule has 1 aromatic rings. The average Bonchev–Trinajstić information content (AvgIpc) is 2.17. The van der Waals surface area contributed by atoms with Crippen LogP contribution in [0.3, 0.4) is 0 Å². The second kappa shape index (κ2) is 5.26. The predicted octanol–water partition coefficient (Wildman–Crippen LogP) is 0.00160. The van der Waals surface area contributed by atoms with E-state index in [1.807, 2.05) is 0 Å². The summed E-state index contributed by atoms with van der Waals surface area (Å²) in [6.07, 6.45) is 3.08. The Balaban J connectivity index is 2.67. The summed E-state index contributed by atoms with van der Waals surface area (Å²) >= 11 is 0. The minimum absolute atomic E-state index is 0.0419. The van der Waals surface area contributed by atoms with Crippen LogP contribution >= 0.6 is 0 Å². The number of methoxy groups -OCH3 is 1. The molecule has 0 amide bonds. The van der Waals surface area contributed by atoms with Crippen LogP contribution in [0.5, 0.6) is 5.88 Å². The molecule has 1 heterocycles. The highest BCUT2D eigenvalue weighted by Gasteiger charge is 2.10. The monoisotopic (exact) mass is 211 g/mol. The molecule has 0 aliphatic heterocycles. The Bertz CT molecular complexity index is 343. The number of aliphatic carboxylic acids is 1. The molecule has 0 aliphatic carbocycles. The van der Waals surface area contributed by atoms with Gasteiger partial charge in [-0.3, -0.25) is 14.7 Å². The van der Waals surface area contributed by atoms with Gasteiger partial charge in [-0.2, -0.15) is 0 Å². The van der Waals surface area contributed by atoms with Crippen LogP contribution < -0.4 is 4.74 Å². The summed E-state index contributed by atoms with van der Waals surface area (Å²) < 4.78 is 5.00. The van der Waals surface area contributed by atoms with Gasteiger partial charge in [0.25, 0.3) is 0 Å². The molecule has 0 spiro atoms. The topological polar surface area (TPSA) is 75.6 Å². The van der Waals surface area contributed by atoms with Crippen molar-refractivity contribution in [3.8, 4) is 5.88 Å². The smallest absolute Gasteiger partial charge is 0.317 e. The van der Waals surface area contributed by atoms with Gasteiger partial charge in [0, 0.05) is 18.9 Å². The van der Waals surface area contributed by atoms with Crippen molar-refractivity contribution in [2.24, 2.45) is 0 Å². The Morgan fingerprint density at radius 2 is 2.20 bits per heavy atom. The zero-order chi connectivity index (χ0) is 11.3. The summed E-state index contributed by atoms with van der Waals surface area (Å²) in [6.45, 7) is 0.350. The number of carbonyl (C=O) groups is 1. The maximum absolute atomic E-state index is 10.4. The number of hydrogen-bond donors (Lipinski definition) is 1. The molecular formula is C9H13N3O3. The molecule has 0 saturated carbocycles. The Labute approximate surface area is 87.5 Å². The van der Waals surface area contributed by atoms with Gasteiger partial charge in [-0.15, -0.1) is 0 Å². The van der Waals surface area contributed by atoms with E-state index >= 15 is 0 Å². The van der Waals surface area contributed by atoms with Gasteiger partial charge in [-0.05, 0) is 7.05 Å². The van der Waals surface area contributed by atoms with Gasteiger partial charge in [0.1, 0.15) is 5.69 Å². The largest absolute Gasteiger partial charge is 0.480 e. The number of ether oxygens (including phenoxy) is 1. The first-order chi connectivity index (χ1) is 7.13. The van der Waals surface area contributed by atoms with Crippen LogP contribution in [0, 0.1) is 0 Å². The molecule has 0 aromatic carbocycles. The zero-order valence-electron chi connectivity index (χ0n) is 8.67. The summed E-state index contributed by atoms with van der Waals surface area (Å²) in [5.41, 5.74) is 0.628.